The van der Waals surface area contributed by atoms with Crippen LogP contribution in [0, 0.1) is 0 Å². The Hall–Kier alpha value is -2.50. The van der Waals surface area contributed by atoms with Gasteiger partial charge in [-0.2, -0.15) is 0 Å². The topological polar surface area (TPSA) is 84.3 Å². The van der Waals surface area contributed by atoms with Gasteiger partial charge in [0.2, 0.25) is 5.88 Å². The number of rotatable bonds is 3. The minimum absolute atomic E-state index is 0.117. The number of ether oxygens (including phenoxy) is 1. The van der Waals surface area contributed by atoms with E-state index in [2.05, 4.69) is 4.98 Å². The number of hydrogen-bond acceptors (Lipinski definition) is 4. The summed E-state index contributed by atoms with van der Waals surface area (Å²) >= 11 is 0. The Bertz CT molecular complexity index is 672. The molecule has 94 valence electrons. The molecule has 2 N–H and O–H groups in total. The van der Waals surface area contributed by atoms with Crippen LogP contribution in [-0.2, 0) is 6.54 Å². The van der Waals surface area contributed by atoms with Crippen molar-refractivity contribution in [3.05, 3.63) is 56.7 Å². The maximum Gasteiger partial charge on any atom is 0.331 e. The van der Waals surface area contributed by atoms with Crippen molar-refractivity contribution in [3.8, 4) is 11.6 Å². The first-order chi connectivity index (χ1) is 8.61. The second-order valence-corrected chi connectivity index (χ2v) is 3.69. The zero-order valence-electron chi connectivity index (χ0n) is 9.71. The standard InChI is InChI=1S/C12H12N2O4/c1-18-9-5-3-2-4-8(9)7-14-11(16)6-10(15)13-12(14)17/h2-6,16H,7H2,1H3,(H,13,15,17). The van der Waals surface area contributed by atoms with Gasteiger partial charge in [0.1, 0.15) is 5.75 Å². The van der Waals surface area contributed by atoms with Crippen molar-refractivity contribution in [2.24, 2.45) is 0 Å². The summed E-state index contributed by atoms with van der Waals surface area (Å²) in [5, 5.41) is 9.60. The first kappa shape index (κ1) is 12.0. The van der Waals surface area contributed by atoms with Gasteiger partial charge in [-0.15, -0.1) is 0 Å². The molecule has 1 aromatic carbocycles. The number of nitrogens with zero attached hydrogens (tertiary/aromatic N) is 1. The van der Waals surface area contributed by atoms with Gasteiger partial charge in [-0.1, -0.05) is 18.2 Å². The van der Waals surface area contributed by atoms with Crippen molar-refractivity contribution >= 4 is 0 Å². The highest BCUT2D eigenvalue weighted by Gasteiger charge is 2.08. The molecular weight excluding hydrogens is 236 g/mol. The van der Waals surface area contributed by atoms with E-state index in [-0.39, 0.29) is 12.4 Å². The van der Waals surface area contributed by atoms with Crippen LogP contribution in [0.2, 0.25) is 0 Å². The number of benzene rings is 1. The molecule has 0 aliphatic rings. The molecule has 0 amide bonds. The zero-order chi connectivity index (χ0) is 13.1. The highest BCUT2D eigenvalue weighted by Crippen LogP contribution is 2.19. The molecule has 6 heteroatoms. The van der Waals surface area contributed by atoms with Crippen LogP contribution in [0.15, 0.2) is 39.9 Å². The first-order valence-electron chi connectivity index (χ1n) is 5.27. The number of hydrogen-bond donors (Lipinski definition) is 2. The van der Waals surface area contributed by atoms with Crippen LogP contribution < -0.4 is 16.0 Å². The van der Waals surface area contributed by atoms with Gasteiger partial charge in [-0.05, 0) is 6.07 Å². The Morgan fingerprint density at radius 3 is 2.72 bits per heavy atom. The number of aromatic amines is 1. The van der Waals surface area contributed by atoms with E-state index < -0.39 is 11.2 Å². The molecule has 0 atom stereocenters. The van der Waals surface area contributed by atoms with Crippen LogP contribution in [0.3, 0.4) is 0 Å². The predicted octanol–water partition coefficient (Wildman–Crippen LogP) is 0.299. The lowest BCUT2D eigenvalue weighted by Gasteiger charge is -2.10. The molecule has 0 saturated carbocycles. The van der Waals surface area contributed by atoms with Crippen LogP contribution in [0.25, 0.3) is 0 Å². The molecular formula is C12H12N2O4. The summed E-state index contributed by atoms with van der Waals surface area (Å²) in [4.78, 5) is 24.6. The summed E-state index contributed by atoms with van der Waals surface area (Å²) in [6, 6.07) is 8.08. The summed E-state index contributed by atoms with van der Waals surface area (Å²) in [6.45, 7) is 0.117. The van der Waals surface area contributed by atoms with Crippen LogP contribution in [0.5, 0.6) is 11.6 Å². The Kier molecular flexibility index (Phi) is 3.18. The van der Waals surface area contributed by atoms with E-state index in [1.807, 2.05) is 0 Å². The monoisotopic (exact) mass is 248 g/mol. The minimum Gasteiger partial charge on any atom is -0.496 e. The summed E-state index contributed by atoms with van der Waals surface area (Å²) < 4.78 is 6.21. The highest BCUT2D eigenvalue weighted by molar-refractivity contribution is 5.33. The van der Waals surface area contributed by atoms with E-state index in [1.54, 1.807) is 24.3 Å². The fraction of sp³-hybridized carbons (Fsp3) is 0.167. The van der Waals surface area contributed by atoms with Crippen LogP contribution in [-0.4, -0.2) is 21.8 Å². The average molecular weight is 248 g/mol. The summed E-state index contributed by atoms with van der Waals surface area (Å²) in [7, 11) is 1.52. The van der Waals surface area contributed by atoms with E-state index in [9.17, 15) is 14.7 Å². The van der Waals surface area contributed by atoms with E-state index in [1.165, 1.54) is 7.11 Å². The van der Waals surface area contributed by atoms with Crippen molar-refractivity contribution in [1.29, 1.82) is 0 Å². The van der Waals surface area contributed by atoms with Crippen LogP contribution in [0.1, 0.15) is 5.56 Å². The second-order valence-electron chi connectivity index (χ2n) is 3.69. The number of nitrogens with one attached hydrogen (secondary N) is 1. The number of H-pyrrole nitrogens is 1. The largest absolute Gasteiger partial charge is 0.496 e. The maximum absolute atomic E-state index is 11.6. The number of para-hydroxylation sites is 1. The van der Waals surface area contributed by atoms with Gasteiger partial charge in [0.05, 0.1) is 19.7 Å². The van der Waals surface area contributed by atoms with Gasteiger partial charge >= 0.3 is 5.69 Å². The molecule has 0 saturated heterocycles. The van der Waals surface area contributed by atoms with E-state index >= 15 is 0 Å². The summed E-state index contributed by atoms with van der Waals surface area (Å²) in [5.41, 5.74) is -0.566. The Morgan fingerprint density at radius 2 is 2.06 bits per heavy atom. The molecule has 0 bridgehead atoms. The van der Waals surface area contributed by atoms with Gasteiger partial charge in [-0.25, -0.2) is 4.79 Å². The SMILES string of the molecule is COc1ccccc1Cn1c(O)cc(=O)[nH]c1=O. The second kappa shape index (κ2) is 4.79. The van der Waals surface area contributed by atoms with Crippen molar-refractivity contribution in [2.75, 3.05) is 7.11 Å². The fourth-order valence-corrected chi connectivity index (χ4v) is 1.66. The maximum atomic E-state index is 11.6. The van der Waals surface area contributed by atoms with Gasteiger partial charge in [-0.3, -0.25) is 14.3 Å². The van der Waals surface area contributed by atoms with Crippen LogP contribution >= 0.6 is 0 Å². The third kappa shape index (κ3) is 2.27. The zero-order valence-corrected chi connectivity index (χ0v) is 9.71. The van der Waals surface area contributed by atoms with Crippen molar-refractivity contribution < 1.29 is 9.84 Å². The molecule has 0 aliphatic heterocycles. The molecule has 18 heavy (non-hydrogen) atoms. The first-order valence-corrected chi connectivity index (χ1v) is 5.27. The summed E-state index contributed by atoms with van der Waals surface area (Å²) in [6.07, 6.45) is 0. The molecule has 1 heterocycles. The van der Waals surface area contributed by atoms with E-state index in [0.717, 1.165) is 16.2 Å². The lowest BCUT2D eigenvalue weighted by Crippen LogP contribution is -2.29. The number of methoxy groups -OCH3 is 1. The number of aromatic hydroxyl groups is 1. The minimum atomic E-state index is -0.661. The van der Waals surface area contributed by atoms with Crippen LogP contribution in [0.4, 0.5) is 0 Å². The van der Waals surface area contributed by atoms with E-state index in [0.29, 0.717) is 5.75 Å². The van der Waals surface area contributed by atoms with Crippen molar-refractivity contribution in [2.45, 2.75) is 6.54 Å². The van der Waals surface area contributed by atoms with E-state index in [4.69, 9.17) is 4.74 Å². The molecule has 0 spiro atoms. The molecule has 0 aliphatic carbocycles. The molecule has 0 unspecified atom stereocenters. The smallest absolute Gasteiger partial charge is 0.331 e. The van der Waals surface area contributed by atoms with Crippen molar-refractivity contribution in [3.63, 3.8) is 0 Å². The third-order valence-corrected chi connectivity index (χ3v) is 2.53. The molecule has 0 fully saturated rings. The predicted molar refractivity (Wildman–Crippen MR) is 65.1 cm³/mol. The lowest BCUT2D eigenvalue weighted by molar-refractivity contribution is 0.394. The van der Waals surface area contributed by atoms with Gasteiger partial charge in [0.15, 0.2) is 0 Å². The molecule has 1 aromatic heterocycles. The molecule has 2 rings (SSSR count). The quantitative estimate of drug-likeness (QED) is 0.818. The van der Waals surface area contributed by atoms with Gasteiger partial charge in [0, 0.05) is 5.56 Å². The lowest BCUT2D eigenvalue weighted by atomic mass is 10.2. The number of aromatic nitrogens is 2. The Balaban J connectivity index is 2.47. The Morgan fingerprint density at radius 1 is 1.33 bits per heavy atom. The normalized spacial score (nSPS) is 10.3. The van der Waals surface area contributed by atoms with Gasteiger partial charge < -0.3 is 9.84 Å². The summed E-state index contributed by atoms with van der Waals surface area (Å²) in [5.74, 6) is 0.227. The molecule has 2 aromatic rings. The average Bonchev–Trinajstić information content (AvgIpc) is 2.34. The molecule has 6 nitrogen and oxygen atoms in total. The molecule has 0 radical (unpaired) electrons. The highest BCUT2D eigenvalue weighted by atomic mass is 16.5. The third-order valence-electron chi connectivity index (χ3n) is 2.53. The Labute approximate surface area is 102 Å². The van der Waals surface area contributed by atoms with Crippen molar-refractivity contribution in [1.82, 2.24) is 9.55 Å². The van der Waals surface area contributed by atoms with Gasteiger partial charge in [0.25, 0.3) is 5.56 Å². The fourth-order valence-electron chi connectivity index (χ4n) is 1.66.